The highest BCUT2D eigenvalue weighted by Gasteiger charge is 2.30. The number of fused-ring (bicyclic) bond motifs is 2. The van der Waals surface area contributed by atoms with Crippen molar-refractivity contribution < 1.29 is 9.90 Å². The van der Waals surface area contributed by atoms with Gasteiger partial charge in [-0.05, 0) is 30.3 Å². The Labute approximate surface area is 145 Å². The third-order valence-electron chi connectivity index (χ3n) is 3.68. The number of nitrogens with one attached hydrogen (secondary N) is 1. The Bertz CT molecular complexity index is 1040. The van der Waals surface area contributed by atoms with Crippen LogP contribution in [-0.4, -0.2) is 21.6 Å². The molecular weight excluding hydrogens is 359 g/mol. The second-order valence-electron chi connectivity index (χ2n) is 5.11. The first-order valence-corrected chi connectivity index (χ1v) is 7.72. The number of hydrogen-bond acceptors (Lipinski definition) is 3. The van der Waals surface area contributed by atoms with Gasteiger partial charge < -0.3 is 10.1 Å². The molecule has 0 amide bonds. The van der Waals surface area contributed by atoms with Gasteiger partial charge in [0.1, 0.15) is 11.4 Å². The number of H-pyrrole nitrogens is 1. The summed E-state index contributed by atoms with van der Waals surface area (Å²) in [4.78, 5) is 19.8. The molecule has 3 aromatic rings. The lowest BCUT2D eigenvalue weighted by atomic mass is 10.1. The summed E-state index contributed by atoms with van der Waals surface area (Å²) in [5.41, 5.74) is 1.73. The fourth-order valence-corrected chi connectivity index (χ4v) is 3.35. The number of halogens is 3. The summed E-state index contributed by atoms with van der Waals surface area (Å²) < 4.78 is 0. The molecule has 4 rings (SSSR count). The normalized spacial score (nSPS) is 13.5. The van der Waals surface area contributed by atoms with Crippen LogP contribution in [0.4, 0.5) is 5.69 Å². The Kier molecular flexibility index (Phi) is 3.17. The quantitative estimate of drug-likeness (QED) is 0.626. The number of aliphatic imine (C=N–C) groups is 1. The molecule has 23 heavy (non-hydrogen) atoms. The maximum absolute atomic E-state index is 12.6. The van der Waals surface area contributed by atoms with Crippen LogP contribution in [0.2, 0.25) is 15.1 Å². The molecule has 7 heteroatoms. The van der Waals surface area contributed by atoms with E-state index < -0.39 is 0 Å². The number of benzene rings is 2. The van der Waals surface area contributed by atoms with Crippen molar-refractivity contribution in [2.75, 3.05) is 0 Å². The Hall–Kier alpha value is -2.01. The zero-order valence-electron chi connectivity index (χ0n) is 11.3. The maximum atomic E-state index is 12.6. The molecule has 0 unspecified atom stereocenters. The van der Waals surface area contributed by atoms with E-state index in [0.29, 0.717) is 37.2 Å². The summed E-state index contributed by atoms with van der Waals surface area (Å²) in [6, 6.07) is 7.99. The molecular formula is C16H7Cl3N2O2. The van der Waals surface area contributed by atoms with Gasteiger partial charge in [-0.2, -0.15) is 0 Å². The predicted molar refractivity (Wildman–Crippen MR) is 92.0 cm³/mol. The van der Waals surface area contributed by atoms with Gasteiger partial charge >= 0.3 is 0 Å². The number of hydrogen-bond donors (Lipinski definition) is 2. The molecule has 0 radical (unpaired) electrons. The molecule has 0 fully saturated rings. The van der Waals surface area contributed by atoms with E-state index >= 15 is 0 Å². The van der Waals surface area contributed by atoms with Gasteiger partial charge in [-0.3, -0.25) is 4.79 Å². The first kappa shape index (κ1) is 14.6. The number of ketones is 1. The monoisotopic (exact) mass is 364 g/mol. The van der Waals surface area contributed by atoms with E-state index in [1.165, 1.54) is 0 Å². The molecule has 0 saturated carbocycles. The van der Waals surface area contributed by atoms with Gasteiger partial charge in [0.05, 0.1) is 21.8 Å². The minimum Gasteiger partial charge on any atom is -0.505 e. The van der Waals surface area contributed by atoms with Crippen LogP contribution in [0.5, 0.6) is 5.75 Å². The largest absolute Gasteiger partial charge is 0.505 e. The molecule has 0 saturated heterocycles. The van der Waals surface area contributed by atoms with Crippen molar-refractivity contribution in [3.63, 3.8) is 0 Å². The molecule has 0 bridgehead atoms. The van der Waals surface area contributed by atoms with E-state index in [2.05, 4.69) is 9.98 Å². The average Bonchev–Trinajstić information content (AvgIpc) is 2.99. The fraction of sp³-hybridized carbons (Fsp3) is 0. The molecule has 1 aliphatic rings. The van der Waals surface area contributed by atoms with E-state index in [1.807, 2.05) is 0 Å². The number of rotatable bonds is 1. The second-order valence-corrected chi connectivity index (χ2v) is 6.39. The average molecular weight is 366 g/mol. The van der Waals surface area contributed by atoms with Crippen molar-refractivity contribution in [3.05, 3.63) is 56.7 Å². The predicted octanol–water partition coefficient (Wildman–Crippen LogP) is 5.15. The van der Waals surface area contributed by atoms with Gasteiger partial charge in [0.25, 0.3) is 0 Å². The summed E-state index contributed by atoms with van der Waals surface area (Å²) >= 11 is 18.0. The van der Waals surface area contributed by atoms with Crippen LogP contribution in [0.3, 0.4) is 0 Å². The van der Waals surface area contributed by atoms with Crippen LogP contribution < -0.4 is 0 Å². The van der Waals surface area contributed by atoms with Gasteiger partial charge in [-0.15, -0.1) is 0 Å². The lowest BCUT2D eigenvalue weighted by Crippen LogP contribution is -2.11. The first-order chi connectivity index (χ1) is 11.0. The summed E-state index contributed by atoms with van der Waals surface area (Å²) in [6.07, 6.45) is 0. The third-order valence-corrected chi connectivity index (χ3v) is 4.44. The molecule has 1 aliphatic heterocycles. The summed E-state index contributed by atoms with van der Waals surface area (Å²) in [7, 11) is 0. The highest BCUT2D eigenvalue weighted by atomic mass is 35.5. The summed E-state index contributed by atoms with van der Waals surface area (Å²) in [5, 5.41) is 12.1. The summed E-state index contributed by atoms with van der Waals surface area (Å²) in [5.74, 6) is -0.429. The smallest absolute Gasteiger partial charge is 0.215 e. The SMILES string of the molecule is O=C1C(c2[nH]c3c(Cl)cc(Cl)cc3c2O)=Nc2ccc(Cl)cc21. The molecule has 2 heterocycles. The minimum absolute atomic E-state index is 0.114. The molecule has 0 aliphatic carbocycles. The van der Waals surface area contributed by atoms with Gasteiger partial charge in [0.2, 0.25) is 5.78 Å². The van der Waals surface area contributed by atoms with E-state index in [-0.39, 0.29) is 22.9 Å². The van der Waals surface area contributed by atoms with Crippen molar-refractivity contribution in [2.24, 2.45) is 4.99 Å². The van der Waals surface area contributed by atoms with Crippen molar-refractivity contribution in [2.45, 2.75) is 0 Å². The van der Waals surface area contributed by atoms with Gasteiger partial charge in [0, 0.05) is 15.4 Å². The molecule has 2 aromatic carbocycles. The molecule has 0 atom stereocenters. The molecule has 2 N–H and O–H groups in total. The number of aromatic amines is 1. The highest BCUT2D eigenvalue weighted by molar-refractivity contribution is 6.55. The number of carbonyl (C=O) groups excluding carboxylic acids is 1. The van der Waals surface area contributed by atoms with E-state index in [4.69, 9.17) is 34.8 Å². The van der Waals surface area contributed by atoms with E-state index in [0.717, 1.165) is 0 Å². The maximum Gasteiger partial charge on any atom is 0.215 e. The van der Waals surface area contributed by atoms with Crippen molar-refractivity contribution in [1.29, 1.82) is 0 Å². The third kappa shape index (κ3) is 2.14. The lowest BCUT2D eigenvalue weighted by Gasteiger charge is -1.97. The Morgan fingerprint density at radius 3 is 2.61 bits per heavy atom. The number of Topliss-reactive ketones (excluding diaryl/α,β-unsaturated/α-hetero) is 1. The van der Waals surface area contributed by atoms with Crippen molar-refractivity contribution in [3.8, 4) is 5.75 Å². The van der Waals surface area contributed by atoms with Gasteiger partial charge in [-0.25, -0.2) is 4.99 Å². The molecule has 0 spiro atoms. The number of nitrogens with zero attached hydrogens (tertiary/aromatic N) is 1. The second kappa shape index (κ2) is 4.99. The number of aromatic nitrogens is 1. The topological polar surface area (TPSA) is 65.5 Å². The lowest BCUT2D eigenvalue weighted by molar-refractivity contribution is 0.107. The Morgan fingerprint density at radius 2 is 1.83 bits per heavy atom. The van der Waals surface area contributed by atoms with Crippen LogP contribution in [0.1, 0.15) is 16.1 Å². The number of aromatic hydroxyl groups is 1. The molecule has 4 nitrogen and oxygen atoms in total. The van der Waals surface area contributed by atoms with Gasteiger partial charge in [-0.1, -0.05) is 34.8 Å². The van der Waals surface area contributed by atoms with Crippen molar-refractivity contribution in [1.82, 2.24) is 4.98 Å². The zero-order valence-corrected chi connectivity index (χ0v) is 13.6. The number of carbonyl (C=O) groups is 1. The van der Waals surface area contributed by atoms with Crippen LogP contribution in [0.15, 0.2) is 35.3 Å². The van der Waals surface area contributed by atoms with E-state index in [9.17, 15) is 9.90 Å². The first-order valence-electron chi connectivity index (χ1n) is 6.58. The zero-order chi connectivity index (χ0) is 16.3. The van der Waals surface area contributed by atoms with E-state index in [1.54, 1.807) is 30.3 Å². The molecule has 114 valence electrons. The Morgan fingerprint density at radius 1 is 1.04 bits per heavy atom. The fourth-order valence-electron chi connectivity index (χ4n) is 2.63. The van der Waals surface area contributed by atoms with Crippen LogP contribution >= 0.6 is 34.8 Å². The summed E-state index contributed by atoms with van der Waals surface area (Å²) in [6.45, 7) is 0. The Balaban J connectivity index is 1.93. The van der Waals surface area contributed by atoms with Crippen LogP contribution in [0, 0.1) is 0 Å². The van der Waals surface area contributed by atoms with Gasteiger partial charge in [0.15, 0.2) is 5.75 Å². The minimum atomic E-state index is -0.313. The van der Waals surface area contributed by atoms with Crippen LogP contribution in [0.25, 0.3) is 10.9 Å². The highest BCUT2D eigenvalue weighted by Crippen LogP contribution is 2.39. The standard InChI is InChI=1S/C16H7Cl3N2O2/c17-6-1-2-11-8(3-6)15(22)13(20-11)14-16(23)9-4-7(18)5-10(19)12(9)21-14/h1-5,21,23H. The molecule has 1 aromatic heterocycles. The van der Waals surface area contributed by atoms with Crippen LogP contribution in [-0.2, 0) is 0 Å². The van der Waals surface area contributed by atoms with Crippen molar-refractivity contribution >= 4 is 62.9 Å².